The Bertz CT molecular complexity index is 454. The van der Waals surface area contributed by atoms with E-state index in [1.165, 1.54) is 0 Å². The first-order valence-electron chi connectivity index (χ1n) is 6.00. The molecular formula is C14H18BrNO. The molecule has 1 aromatic carbocycles. The van der Waals surface area contributed by atoms with E-state index >= 15 is 0 Å². The first-order valence-corrected chi connectivity index (χ1v) is 6.79. The van der Waals surface area contributed by atoms with Gasteiger partial charge in [0.1, 0.15) is 0 Å². The molecular weight excluding hydrogens is 278 g/mol. The SMILES string of the molecule is Cc1ccc(Br)cc1C(=O)N1CCCC1(C)C. The predicted molar refractivity (Wildman–Crippen MR) is 73.2 cm³/mol. The number of nitrogens with zero attached hydrogens (tertiary/aromatic N) is 1. The van der Waals surface area contributed by atoms with Crippen LogP contribution in [0.15, 0.2) is 22.7 Å². The Labute approximate surface area is 111 Å². The van der Waals surface area contributed by atoms with Gasteiger partial charge < -0.3 is 4.90 Å². The fourth-order valence-electron chi connectivity index (χ4n) is 2.45. The Kier molecular flexibility index (Phi) is 3.30. The van der Waals surface area contributed by atoms with Crippen molar-refractivity contribution in [1.82, 2.24) is 4.90 Å². The Morgan fingerprint density at radius 2 is 2.12 bits per heavy atom. The zero-order valence-corrected chi connectivity index (χ0v) is 12.2. The van der Waals surface area contributed by atoms with Crippen LogP contribution in [0.1, 0.15) is 42.6 Å². The van der Waals surface area contributed by atoms with E-state index < -0.39 is 0 Å². The van der Waals surface area contributed by atoms with Gasteiger partial charge in [-0.25, -0.2) is 0 Å². The Morgan fingerprint density at radius 3 is 2.71 bits per heavy atom. The molecule has 0 bridgehead atoms. The van der Waals surface area contributed by atoms with Gasteiger partial charge in [-0.1, -0.05) is 22.0 Å². The lowest BCUT2D eigenvalue weighted by molar-refractivity contribution is 0.0651. The maximum absolute atomic E-state index is 12.5. The number of halogens is 1. The summed E-state index contributed by atoms with van der Waals surface area (Å²) in [4.78, 5) is 14.5. The quantitative estimate of drug-likeness (QED) is 0.772. The summed E-state index contributed by atoms with van der Waals surface area (Å²) in [5.41, 5.74) is 1.85. The van der Waals surface area contributed by atoms with Gasteiger partial charge in [0, 0.05) is 22.1 Å². The third-order valence-electron chi connectivity index (χ3n) is 3.58. The second kappa shape index (κ2) is 4.45. The molecule has 0 radical (unpaired) electrons. The lowest BCUT2D eigenvalue weighted by atomic mass is 10.0. The van der Waals surface area contributed by atoms with Crippen LogP contribution in [0.2, 0.25) is 0 Å². The highest BCUT2D eigenvalue weighted by Gasteiger charge is 2.36. The topological polar surface area (TPSA) is 20.3 Å². The van der Waals surface area contributed by atoms with Crippen LogP contribution in [0, 0.1) is 6.92 Å². The lowest BCUT2D eigenvalue weighted by Gasteiger charge is -2.32. The molecule has 1 amide bonds. The molecule has 2 rings (SSSR count). The third-order valence-corrected chi connectivity index (χ3v) is 4.07. The van der Waals surface area contributed by atoms with Crippen LogP contribution < -0.4 is 0 Å². The maximum atomic E-state index is 12.5. The van der Waals surface area contributed by atoms with Gasteiger partial charge in [0.05, 0.1) is 0 Å². The van der Waals surface area contributed by atoms with Crippen LogP contribution >= 0.6 is 15.9 Å². The fourth-order valence-corrected chi connectivity index (χ4v) is 2.81. The van der Waals surface area contributed by atoms with E-state index in [1.807, 2.05) is 30.0 Å². The van der Waals surface area contributed by atoms with Gasteiger partial charge >= 0.3 is 0 Å². The van der Waals surface area contributed by atoms with E-state index in [4.69, 9.17) is 0 Å². The first-order chi connectivity index (χ1) is 7.92. The van der Waals surface area contributed by atoms with Crippen LogP contribution in [0.3, 0.4) is 0 Å². The number of aryl methyl sites for hydroxylation is 1. The standard InChI is InChI=1S/C14H18BrNO/c1-10-5-6-11(15)9-12(10)13(17)16-8-4-7-14(16,2)3/h5-6,9H,4,7-8H2,1-3H3. The molecule has 1 saturated heterocycles. The Hall–Kier alpha value is -0.830. The van der Waals surface area contributed by atoms with Gasteiger partial charge in [0.2, 0.25) is 0 Å². The molecule has 1 heterocycles. The number of amides is 1. The number of benzene rings is 1. The Morgan fingerprint density at radius 1 is 1.41 bits per heavy atom. The molecule has 1 aromatic rings. The van der Waals surface area contributed by atoms with Gasteiger partial charge in [-0.05, 0) is 51.3 Å². The molecule has 0 aromatic heterocycles. The monoisotopic (exact) mass is 295 g/mol. The van der Waals surface area contributed by atoms with Crippen molar-refractivity contribution in [1.29, 1.82) is 0 Å². The minimum atomic E-state index is -0.00809. The fraction of sp³-hybridized carbons (Fsp3) is 0.500. The molecule has 0 saturated carbocycles. The normalized spacial score (nSPS) is 18.5. The van der Waals surface area contributed by atoms with Gasteiger partial charge in [0.25, 0.3) is 5.91 Å². The molecule has 1 aliphatic heterocycles. The van der Waals surface area contributed by atoms with Gasteiger partial charge in [-0.15, -0.1) is 0 Å². The molecule has 1 aliphatic rings. The summed E-state index contributed by atoms with van der Waals surface area (Å²) >= 11 is 3.43. The highest BCUT2D eigenvalue weighted by Crippen LogP contribution is 2.30. The molecule has 1 fully saturated rings. The summed E-state index contributed by atoms with van der Waals surface area (Å²) in [6, 6.07) is 5.88. The van der Waals surface area contributed by atoms with E-state index in [1.54, 1.807) is 0 Å². The first kappa shape index (κ1) is 12.6. The average molecular weight is 296 g/mol. The molecule has 92 valence electrons. The van der Waals surface area contributed by atoms with Gasteiger partial charge in [0.15, 0.2) is 0 Å². The summed E-state index contributed by atoms with van der Waals surface area (Å²) in [7, 11) is 0. The van der Waals surface area contributed by atoms with E-state index in [2.05, 4.69) is 29.8 Å². The van der Waals surface area contributed by atoms with Crippen LogP contribution in [0.25, 0.3) is 0 Å². The summed E-state index contributed by atoms with van der Waals surface area (Å²) < 4.78 is 0.962. The van der Waals surface area contributed by atoms with Gasteiger partial charge in [-0.2, -0.15) is 0 Å². The third kappa shape index (κ3) is 2.39. The molecule has 0 N–H and O–H groups in total. The number of likely N-dealkylation sites (tertiary alicyclic amines) is 1. The second-order valence-electron chi connectivity index (χ2n) is 5.33. The van der Waals surface area contributed by atoms with Crippen molar-refractivity contribution in [2.45, 2.75) is 39.2 Å². The molecule has 17 heavy (non-hydrogen) atoms. The summed E-state index contributed by atoms with van der Waals surface area (Å²) in [5.74, 6) is 0.159. The zero-order chi connectivity index (χ0) is 12.6. The summed E-state index contributed by atoms with van der Waals surface area (Å²) in [6.45, 7) is 7.15. The van der Waals surface area contributed by atoms with Crippen LogP contribution in [-0.2, 0) is 0 Å². The predicted octanol–water partition coefficient (Wildman–Crippen LogP) is 3.77. The van der Waals surface area contributed by atoms with Crippen molar-refractivity contribution in [2.24, 2.45) is 0 Å². The number of carbonyl (C=O) groups excluding carboxylic acids is 1. The van der Waals surface area contributed by atoms with Crippen LogP contribution in [-0.4, -0.2) is 22.9 Å². The van der Waals surface area contributed by atoms with Crippen LogP contribution in [0.5, 0.6) is 0 Å². The van der Waals surface area contributed by atoms with Crippen molar-refractivity contribution < 1.29 is 4.79 Å². The smallest absolute Gasteiger partial charge is 0.254 e. The number of hydrogen-bond donors (Lipinski definition) is 0. The molecule has 0 atom stereocenters. The Balaban J connectivity index is 2.34. The number of carbonyl (C=O) groups is 1. The average Bonchev–Trinajstić information content (AvgIpc) is 2.61. The van der Waals surface area contributed by atoms with Crippen molar-refractivity contribution in [2.75, 3.05) is 6.54 Å². The van der Waals surface area contributed by atoms with Crippen molar-refractivity contribution in [3.05, 3.63) is 33.8 Å². The van der Waals surface area contributed by atoms with Crippen molar-refractivity contribution in [3.8, 4) is 0 Å². The van der Waals surface area contributed by atoms with Crippen molar-refractivity contribution >= 4 is 21.8 Å². The van der Waals surface area contributed by atoms with Gasteiger partial charge in [-0.3, -0.25) is 4.79 Å². The van der Waals surface area contributed by atoms with E-state index in [9.17, 15) is 4.79 Å². The lowest BCUT2D eigenvalue weighted by Crippen LogP contribution is -2.42. The number of hydrogen-bond acceptors (Lipinski definition) is 1. The summed E-state index contributed by atoms with van der Waals surface area (Å²) in [5, 5.41) is 0. The highest BCUT2D eigenvalue weighted by molar-refractivity contribution is 9.10. The number of rotatable bonds is 1. The minimum absolute atomic E-state index is 0.00809. The molecule has 0 unspecified atom stereocenters. The zero-order valence-electron chi connectivity index (χ0n) is 10.6. The largest absolute Gasteiger partial charge is 0.334 e. The molecule has 3 heteroatoms. The van der Waals surface area contributed by atoms with Crippen LogP contribution in [0.4, 0.5) is 0 Å². The highest BCUT2D eigenvalue weighted by atomic mass is 79.9. The molecule has 2 nitrogen and oxygen atoms in total. The van der Waals surface area contributed by atoms with Crippen molar-refractivity contribution in [3.63, 3.8) is 0 Å². The van der Waals surface area contributed by atoms with E-state index in [-0.39, 0.29) is 11.4 Å². The second-order valence-corrected chi connectivity index (χ2v) is 6.25. The summed E-state index contributed by atoms with van der Waals surface area (Å²) in [6.07, 6.45) is 2.19. The maximum Gasteiger partial charge on any atom is 0.254 e. The molecule has 0 spiro atoms. The molecule has 0 aliphatic carbocycles. The van der Waals surface area contributed by atoms with E-state index in [0.717, 1.165) is 35.0 Å². The van der Waals surface area contributed by atoms with E-state index in [0.29, 0.717) is 0 Å². The minimum Gasteiger partial charge on any atom is -0.334 e.